The lowest BCUT2D eigenvalue weighted by Gasteiger charge is -2.27. The van der Waals surface area contributed by atoms with Gasteiger partial charge in [0, 0.05) is 34.3 Å². The van der Waals surface area contributed by atoms with Crippen LogP contribution in [0.1, 0.15) is 35.0 Å². The average Bonchev–Trinajstić information content (AvgIpc) is 3.08. The van der Waals surface area contributed by atoms with Gasteiger partial charge in [-0.05, 0) is 49.9 Å². The van der Waals surface area contributed by atoms with E-state index in [2.05, 4.69) is 10.3 Å². The standard InChI is InChI=1S/C22H21ClN4O3S/c1-12(28)16-10-26(21-15(16)3-2-6-24-21)11-20(29)27-17-7-13(17)8-18(27)22(30)25-9-14-4-5-19(23)31-14/h2-6,10,13,17-18H,7-9,11H2,1H3,(H,25,30)/t13-,17-,18+/m1/s1. The lowest BCUT2D eigenvalue weighted by Crippen LogP contribution is -2.48. The first-order valence-corrected chi connectivity index (χ1v) is 11.4. The summed E-state index contributed by atoms with van der Waals surface area (Å²) in [7, 11) is 0. The number of hydrogen-bond acceptors (Lipinski definition) is 5. The van der Waals surface area contributed by atoms with Gasteiger partial charge in [-0.2, -0.15) is 0 Å². The first-order chi connectivity index (χ1) is 14.9. The van der Waals surface area contributed by atoms with Crippen LogP contribution in [-0.4, -0.2) is 44.1 Å². The highest BCUT2D eigenvalue weighted by atomic mass is 35.5. The fraction of sp³-hybridized carbons (Fsp3) is 0.364. The number of ketones is 1. The molecule has 0 unspecified atom stereocenters. The zero-order chi connectivity index (χ0) is 21.7. The molecule has 2 fully saturated rings. The maximum Gasteiger partial charge on any atom is 0.243 e. The Hall–Kier alpha value is -2.71. The van der Waals surface area contributed by atoms with E-state index >= 15 is 0 Å². The van der Waals surface area contributed by atoms with E-state index in [4.69, 9.17) is 11.6 Å². The van der Waals surface area contributed by atoms with Crippen molar-refractivity contribution in [2.24, 2.45) is 5.92 Å². The van der Waals surface area contributed by atoms with E-state index < -0.39 is 6.04 Å². The average molecular weight is 457 g/mol. The second-order valence-electron chi connectivity index (χ2n) is 8.14. The van der Waals surface area contributed by atoms with Crippen molar-refractivity contribution in [3.8, 4) is 0 Å². The van der Waals surface area contributed by atoms with Crippen LogP contribution in [0.4, 0.5) is 0 Å². The lowest BCUT2D eigenvalue weighted by molar-refractivity contribution is -0.140. The van der Waals surface area contributed by atoms with Crippen molar-refractivity contribution in [3.05, 3.63) is 51.4 Å². The van der Waals surface area contributed by atoms with Gasteiger partial charge in [-0.25, -0.2) is 4.98 Å². The largest absolute Gasteiger partial charge is 0.349 e. The van der Waals surface area contributed by atoms with Gasteiger partial charge in [0.15, 0.2) is 5.78 Å². The van der Waals surface area contributed by atoms with E-state index in [1.165, 1.54) is 18.3 Å². The minimum atomic E-state index is -0.464. The molecule has 3 aromatic heterocycles. The Kier molecular flexibility index (Phi) is 5.06. The third-order valence-corrected chi connectivity index (χ3v) is 7.31. The second-order valence-corrected chi connectivity index (χ2v) is 9.94. The number of rotatable bonds is 6. The normalized spacial score (nSPS) is 21.9. The molecule has 31 heavy (non-hydrogen) atoms. The molecule has 1 saturated heterocycles. The van der Waals surface area contributed by atoms with E-state index in [0.29, 0.717) is 34.4 Å². The summed E-state index contributed by atoms with van der Waals surface area (Å²) >= 11 is 7.39. The third kappa shape index (κ3) is 3.74. The highest BCUT2D eigenvalue weighted by molar-refractivity contribution is 7.16. The van der Waals surface area contributed by atoms with Crippen molar-refractivity contribution in [1.29, 1.82) is 0 Å². The maximum absolute atomic E-state index is 13.3. The quantitative estimate of drug-likeness (QED) is 0.577. The molecule has 1 N–H and O–H groups in total. The van der Waals surface area contributed by atoms with Crippen LogP contribution in [0.5, 0.6) is 0 Å². The summed E-state index contributed by atoms with van der Waals surface area (Å²) in [5.74, 6) is 0.0636. The zero-order valence-corrected chi connectivity index (χ0v) is 18.4. The Balaban J connectivity index is 1.33. The number of likely N-dealkylation sites (tertiary alicyclic amines) is 1. The number of hydrogen-bond donors (Lipinski definition) is 1. The summed E-state index contributed by atoms with van der Waals surface area (Å²) in [5.41, 5.74) is 1.15. The van der Waals surface area contributed by atoms with Gasteiger partial charge in [-0.3, -0.25) is 14.4 Å². The second kappa shape index (κ2) is 7.76. The number of carbonyl (C=O) groups excluding carboxylic acids is 3. The van der Waals surface area contributed by atoms with Crippen molar-refractivity contribution in [2.45, 2.75) is 44.9 Å². The summed E-state index contributed by atoms with van der Waals surface area (Å²) in [6, 6.07) is 6.96. The molecular weight excluding hydrogens is 436 g/mol. The Labute approximate surface area is 188 Å². The molecule has 3 aromatic rings. The number of carbonyl (C=O) groups is 3. The molecule has 9 heteroatoms. The van der Waals surface area contributed by atoms with Crippen molar-refractivity contribution >= 4 is 51.6 Å². The van der Waals surface area contributed by atoms with Crippen LogP contribution < -0.4 is 5.32 Å². The van der Waals surface area contributed by atoms with Crippen LogP contribution in [0.2, 0.25) is 4.34 Å². The zero-order valence-electron chi connectivity index (χ0n) is 16.9. The molecule has 5 rings (SSSR count). The Morgan fingerprint density at radius 1 is 1.26 bits per heavy atom. The van der Waals surface area contributed by atoms with Gasteiger partial charge in [-0.1, -0.05) is 11.6 Å². The van der Waals surface area contributed by atoms with Gasteiger partial charge in [0.2, 0.25) is 11.8 Å². The van der Waals surface area contributed by atoms with Gasteiger partial charge >= 0.3 is 0 Å². The number of pyridine rings is 1. The van der Waals surface area contributed by atoms with Crippen LogP contribution in [-0.2, 0) is 22.7 Å². The number of amides is 2. The number of Topliss-reactive ketones (excluding diaryl/α,β-unsaturated/α-hetero) is 1. The molecule has 160 valence electrons. The molecule has 1 saturated carbocycles. The van der Waals surface area contributed by atoms with Gasteiger partial charge in [0.1, 0.15) is 18.2 Å². The fourth-order valence-corrected chi connectivity index (χ4v) is 5.57. The van der Waals surface area contributed by atoms with E-state index in [9.17, 15) is 14.4 Å². The van der Waals surface area contributed by atoms with Crippen LogP contribution >= 0.6 is 22.9 Å². The molecule has 0 radical (unpaired) electrons. The van der Waals surface area contributed by atoms with Gasteiger partial charge < -0.3 is 14.8 Å². The van der Waals surface area contributed by atoms with E-state index in [0.717, 1.165) is 16.7 Å². The van der Waals surface area contributed by atoms with Crippen LogP contribution in [0.15, 0.2) is 36.7 Å². The molecule has 1 aliphatic heterocycles. The lowest BCUT2D eigenvalue weighted by atomic mass is 10.1. The maximum atomic E-state index is 13.3. The number of halogens is 1. The summed E-state index contributed by atoms with van der Waals surface area (Å²) in [4.78, 5) is 45.2. The predicted octanol–water partition coefficient (Wildman–Crippen LogP) is 3.26. The van der Waals surface area contributed by atoms with Gasteiger partial charge in [-0.15, -0.1) is 11.3 Å². The number of nitrogens with one attached hydrogen (secondary N) is 1. The molecule has 0 bridgehead atoms. The molecule has 0 aromatic carbocycles. The summed E-state index contributed by atoms with van der Waals surface area (Å²) in [6.45, 7) is 1.96. The van der Waals surface area contributed by atoms with E-state index in [1.807, 2.05) is 12.1 Å². The Bertz CT molecular complexity index is 1200. The van der Waals surface area contributed by atoms with Gasteiger partial charge in [0.25, 0.3) is 0 Å². The Morgan fingerprint density at radius 2 is 2.10 bits per heavy atom. The first kappa shape index (κ1) is 20.2. The summed E-state index contributed by atoms with van der Waals surface area (Å²) in [5, 5.41) is 3.68. The van der Waals surface area contributed by atoms with E-state index in [-0.39, 0.29) is 30.2 Å². The van der Waals surface area contributed by atoms with Crippen LogP contribution in [0.25, 0.3) is 11.0 Å². The minimum absolute atomic E-state index is 0.0499. The van der Waals surface area contributed by atoms with Crippen LogP contribution in [0, 0.1) is 5.92 Å². The Morgan fingerprint density at radius 3 is 2.84 bits per heavy atom. The molecule has 3 atom stereocenters. The van der Waals surface area contributed by atoms with Gasteiger partial charge in [0.05, 0.1) is 10.9 Å². The van der Waals surface area contributed by atoms with Crippen molar-refractivity contribution in [3.63, 3.8) is 0 Å². The van der Waals surface area contributed by atoms with Crippen LogP contribution in [0.3, 0.4) is 0 Å². The molecule has 4 heterocycles. The van der Waals surface area contributed by atoms with Crippen molar-refractivity contribution in [2.75, 3.05) is 0 Å². The molecule has 1 aliphatic carbocycles. The summed E-state index contributed by atoms with van der Waals surface area (Å²) in [6.07, 6.45) is 4.97. The molecule has 0 spiro atoms. The smallest absolute Gasteiger partial charge is 0.243 e. The molecule has 2 aliphatic rings. The third-order valence-electron chi connectivity index (χ3n) is 6.08. The molecular formula is C22H21ClN4O3S. The highest BCUT2D eigenvalue weighted by Gasteiger charge is 2.55. The number of nitrogens with zero attached hydrogens (tertiary/aromatic N) is 3. The van der Waals surface area contributed by atoms with Crippen molar-refractivity contribution in [1.82, 2.24) is 19.8 Å². The van der Waals surface area contributed by atoms with E-state index in [1.54, 1.807) is 34.0 Å². The topological polar surface area (TPSA) is 84.3 Å². The highest BCUT2D eigenvalue weighted by Crippen LogP contribution is 2.48. The number of piperidine rings is 1. The fourth-order valence-electron chi connectivity index (χ4n) is 4.54. The molecule has 2 amide bonds. The summed E-state index contributed by atoms with van der Waals surface area (Å²) < 4.78 is 2.40. The SMILES string of the molecule is CC(=O)c1cn(CC(=O)N2[C@@H]3C[C@@H]3C[C@H]2C(=O)NCc2ccc(Cl)s2)c2ncccc12. The number of thiophene rings is 1. The molecule has 7 nitrogen and oxygen atoms in total. The van der Waals surface area contributed by atoms with Crippen molar-refractivity contribution < 1.29 is 14.4 Å². The monoisotopic (exact) mass is 456 g/mol. The minimum Gasteiger partial charge on any atom is -0.349 e. The number of aromatic nitrogens is 2. The predicted molar refractivity (Wildman–Crippen MR) is 118 cm³/mol. The number of fused-ring (bicyclic) bond motifs is 2. The first-order valence-electron chi connectivity index (χ1n) is 10.2.